The smallest absolute Gasteiger partial charge is 0.119 e. The van der Waals surface area contributed by atoms with Crippen molar-refractivity contribution in [3.8, 4) is 5.75 Å². The van der Waals surface area contributed by atoms with E-state index in [9.17, 15) is 0 Å². The Balaban J connectivity index is 1.90. The summed E-state index contributed by atoms with van der Waals surface area (Å²) in [6.07, 6.45) is 6.05. The number of H-pyrrole nitrogens is 1. The van der Waals surface area contributed by atoms with Crippen molar-refractivity contribution in [1.29, 1.82) is 0 Å². The number of hydrogen-bond acceptors (Lipinski definition) is 3. The number of aromatic nitrogens is 2. The van der Waals surface area contributed by atoms with E-state index in [0.29, 0.717) is 0 Å². The summed E-state index contributed by atoms with van der Waals surface area (Å²) >= 11 is 0. The van der Waals surface area contributed by atoms with Crippen molar-refractivity contribution in [3.63, 3.8) is 0 Å². The highest BCUT2D eigenvalue weighted by Crippen LogP contribution is 2.39. The Hall–Kier alpha value is -2.59. The average molecular weight is 390 g/mol. The summed E-state index contributed by atoms with van der Waals surface area (Å²) < 4.78 is 5.67. The fourth-order valence-corrected chi connectivity index (χ4v) is 4.65. The monoisotopic (exact) mass is 389 g/mol. The van der Waals surface area contributed by atoms with Gasteiger partial charge in [-0.25, -0.2) is 0 Å². The minimum Gasteiger partial charge on any atom is -0.497 e. The maximum absolute atomic E-state index is 5.67. The Kier molecular flexibility index (Phi) is 5.46. The molecule has 0 saturated heterocycles. The Bertz CT molecular complexity index is 1170. The van der Waals surface area contributed by atoms with Crippen LogP contribution in [-0.4, -0.2) is 41.6 Å². The molecule has 4 nitrogen and oxygen atoms in total. The SMILES string of the molecule is CCN(CC)CCCc1cc(OC)cc2c1[nH]c1c(C)c3ccncc3c(C)c12. The van der Waals surface area contributed by atoms with Crippen LogP contribution in [0.2, 0.25) is 0 Å². The number of nitrogens with zero attached hydrogens (tertiary/aromatic N) is 2. The molecule has 0 fully saturated rings. The lowest BCUT2D eigenvalue weighted by Gasteiger charge is -2.17. The van der Waals surface area contributed by atoms with Gasteiger partial charge in [-0.3, -0.25) is 4.98 Å². The Morgan fingerprint density at radius 2 is 1.79 bits per heavy atom. The summed E-state index contributed by atoms with van der Waals surface area (Å²) in [7, 11) is 1.76. The Morgan fingerprint density at radius 3 is 2.52 bits per heavy atom. The second-order valence-electron chi connectivity index (χ2n) is 7.89. The molecule has 0 radical (unpaired) electrons. The molecule has 4 rings (SSSR count). The highest BCUT2D eigenvalue weighted by Gasteiger charge is 2.17. The van der Waals surface area contributed by atoms with E-state index in [1.54, 1.807) is 7.11 Å². The van der Waals surface area contributed by atoms with Crippen LogP contribution in [0.1, 0.15) is 37.0 Å². The first-order chi connectivity index (χ1) is 14.1. The van der Waals surface area contributed by atoms with Gasteiger partial charge < -0.3 is 14.6 Å². The first kappa shape index (κ1) is 19.7. The molecule has 0 aliphatic rings. The molecule has 4 aromatic rings. The van der Waals surface area contributed by atoms with Crippen molar-refractivity contribution in [2.45, 2.75) is 40.5 Å². The van der Waals surface area contributed by atoms with Crippen molar-refractivity contribution in [3.05, 3.63) is 47.3 Å². The third-order valence-corrected chi connectivity index (χ3v) is 6.39. The topological polar surface area (TPSA) is 41.1 Å². The van der Waals surface area contributed by atoms with Crippen LogP contribution in [0.5, 0.6) is 5.75 Å². The third kappa shape index (κ3) is 3.36. The van der Waals surface area contributed by atoms with E-state index in [4.69, 9.17) is 4.74 Å². The standard InChI is InChI=1S/C25H31N3O/c1-6-28(7-2)12-8-9-18-13-19(29-5)14-21-23-16(3)22-15-26-11-10-20(22)17(4)24(23)27-25(18)21/h10-11,13-15,27H,6-9,12H2,1-5H3. The maximum Gasteiger partial charge on any atom is 0.119 e. The lowest BCUT2D eigenvalue weighted by atomic mass is 9.96. The molecule has 0 aliphatic carbocycles. The molecule has 2 aromatic carbocycles. The van der Waals surface area contributed by atoms with E-state index < -0.39 is 0 Å². The van der Waals surface area contributed by atoms with Crippen LogP contribution in [0.25, 0.3) is 32.6 Å². The van der Waals surface area contributed by atoms with Crippen molar-refractivity contribution in [2.24, 2.45) is 0 Å². The van der Waals surface area contributed by atoms with Crippen molar-refractivity contribution >= 4 is 32.6 Å². The zero-order valence-corrected chi connectivity index (χ0v) is 18.2. The summed E-state index contributed by atoms with van der Waals surface area (Å²) in [5.74, 6) is 0.930. The van der Waals surface area contributed by atoms with Gasteiger partial charge in [-0.15, -0.1) is 0 Å². The number of pyridine rings is 1. The number of ether oxygens (including phenoxy) is 1. The number of fused-ring (bicyclic) bond motifs is 4. The molecule has 4 heteroatoms. The largest absolute Gasteiger partial charge is 0.497 e. The number of methoxy groups -OCH3 is 1. The van der Waals surface area contributed by atoms with E-state index in [2.05, 4.69) is 60.8 Å². The van der Waals surface area contributed by atoms with Gasteiger partial charge in [0.05, 0.1) is 12.6 Å². The number of benzene rings is 2. The predicted octanol–water partition coefficient (Wildman–Crippen LogP) is 5.77. The first-order valence-electron chi connectivity index (χ1n) is 10.7. The van der Waals surface area contributed by atoms with Crippen LogP contribution < -0.4 is 4.74 Å². The molecule has 0 bridgehead atoms. The molecule has 2 aromatic heterocycles. The fourth-order valence-electron chi connectivity index (χ4n) is 4.65. The first-order valence-corrected chi connectivity index (χ1v) is 10.7. The lowest BCUT2D eigenvalue weighted by Crippen LogP contribution is -2.24. The molecule has 0 atom stereocenters. The second-order valence-corrected chi connectivity index (χ2v) is 7.89. The number of hydrogen-bond donors (Lipinski definition) is 1. The fraction of sp³-hybridized carbons (Fsp3) is 0.400. The lowest BCUT2D eigenvalue weighted by molar-refractivity contribution is 0.300. The van der Waals surface area contributed by atoms with Gasteiger partial charge in [0.1, 0.15) is 5.75 Å². The molecular formula is C25H31N3O. The van der Waals surface area contributed by atoms with Crippen molar-refractivity contribution < 1.29 is 4.74 Å². The van der Waals surface area contributed by atoms with Gasteiger partial charge in [0, 0.05) is 34.1 Å². The number of nitrogens with one attached hydrogen (secondary N) is 1. The summed E-state index contributed by atoms with van der Waals surface area (Å²) in [4.78, 5) is 10.6. The molecule has 29 heavy (non-hydrogen) atoms. The van der Waals surface area contributed by atoms with E-state index in [1.165, 1.54) is 49.3 Å². The normalized spacial score (nSPS) is 11.9. The van der Waals surface area contributed by atoms with E-state index in [0.717, 1.165) is 38.2 Å². The summed E-state index contributed by atoms with van der Waals surface area (Å²) in [6, 6.07) is 6.50. The molecule has 0 spiro atoms. The van der Waals surface area contributed by atoms with Crippen LogP contribution in [0.3, 0.4) is 0 Å². The zero-order valence-electron chi connectivity index (χ0n) is 18.2. The molecule has 1 N–H and O–H groups in total. The van der Waals surface area contributed by atoms with Gasteiger partial charge in [-0.2, -0.15) is 0 Å². The van der Waals surface area contributed by atoms with Crippen LogP contribution >= 0.6 is 0 Å². The summed E-state index contributed by atoms with van der Waals surface area (Å²) in [6.45, 7) is 12.2. The van der Waals surface area contributed by atoms with Crippen LogP contribution in [0, 0.1) is 13.8 Å². The van der Waals surface area contributed by atoms with Crippen LogP contribution in [-0.2, 0) is 6.42 Å². The zero-order chi connectivity index (χ0) is 20.5. The van der Waals surface area contributed by atoms with Gasteiger partial charge >= 0.3 is 0 Å². The quantitative estimate of drug-likeness (QED) is 0.436. The molecule has 0 unspecified atom stereocenters. The average Bonchev–Trinajstić information content (AvgIpc) is 3.15. The molecular weight excluding hydrogens is 358 g/mol. The Morgan fingerprint density at radius 1 is 1.00 bits per heavy atom. The minimum absolute atomic E-state index is 0.930. The van der Waals surface area contributed by atoms with E-state index in [-0.39, 0.29) is 0 Å². The third-order valence-electron chi connectivity index (χ3n) is 6.39. The summed E-state index contributed by atoms with van der Waals surface area (Å²) in [5, 5.41) is 5.04. The van der Waals surface area contributed by atoms with Gasteiger partial charge in [-0.1, -0.05) is 13.8 Å². The van der Waals surface area contributed by atoms with E-state index >= 15 is 0 Å². The van der Waals surface area contributed by atoms with Crippen LogP contribution in [0.4, 0.5) is 0 Å². The molecule has 2 heterocycles. The second kappa shape index (κ2) is 8.03. The van der Waals surface area contributed by atoms with Crippen LogP contribution in [0.15, 0.2) is 30.6 Å². The van der Waals surface area contributed by atoms with Crippen molar-refractivity contribution in [1.82, 2.24) is 14.9 Å². The highest BCUT2D eigenvalue weighted by molar-refractivity contribution is 6.17. The number of rotatable bonds is 7. The molecule has 0 aliphatic heterocycles. The minimum atomic E-state index is 0.930. The highest BCUT2D eigenvalue weighted by atomic mass is 16.5. The van der Waals surface area contributed by atoms with Gasteiger partial charge in [0.15, 0.2) is 0 Å². The maximum atomic E-state index is 5.67. The van der Waals surface area contributed by atoms with E-state index in [1.807, 2.05) is 12.4 Å². The Labute approximate surface area is 172 Å². The molecule has 0 amide bonds. The summed E-state index contributed by atoms with van der Waals surface area (Å²) in [5.41, 5.74) is 6.38. The number of aryl methyl sites for hydroxylation is 3. The predicted molar refractivity (Wildman–Crippen MR) is 123 cm³/mol. The molecule has 0 saturated carbocycles. The van der Waals surface area contributed by atoms with Gasteiger partial charge in [0.2, 0.25) is 0 Å². The molecule has 152 valence electrons. The van der Waals surface area contributed by atoms with Gasteiger partial charge in [-0.05, 0) is 86.6 Å². The van der Waals surface area contributed by atoms with Crippen molar-refractivity contribution in [2.75, 3.05) is 26.7 Å². The number of aromatic amines is 1. The van der Waals surface area contributed by atoms with Gasteiger partial charge in [0.25, 0.3) is 0 Å².